The summed E-state index contributed by atoms with van der Waals surface area (Å²) >= 11 is 0. The third-order valence-corrected chi connectivity index (χ3v) is 5.73. The Morgan fingerprint density at radius 3 is 2.52 bits per heavy atom. The fraction of sp³-hybridized carbons (Fsp3) is 0.524. The average molecular weight is 434 g/mol. The van der Waals surface area contributed by atoms with Crippen molar-refractivity contribution in [2.75, 3.05) is 13.2 Å². The molecule has 2 heterocycles. The zero-order valence-electron chi connectivity index (χ0n) is 17.3. The molecule has 0 spiro atoms. The van der Waals surface area contributed by atoms with Crippen LogP contribution in [0.1, 0.15) is 26.2 Å². The van der Waals surface area contributed by atoms with E-state index in [0.717, 1.165) is 0 Å². The molecule has 5 atom stereocenters. The summed E-state index contributed by atoms with van der Waals surface area (Å²) in [5.41, 5.74) is 5.82. The highest BCUT2D eigenvalue weighted by Crippen LogP contribution is 2.53. The van der Waals surface area contributed by atoms with Crippen LogP contribution in [0.2, 0.25) is 0 Å². The van der Waals surface area contributed by atoms with Crippen LogP contribution in [0.25, 0.3) is 0 Å². The number of β-lactam (4-membered cyclic amide) rings is 1. The number of primary amides is 1. The summed E-state index contributed by atoms with van der Waals surface area (Å²) in [4.78, 5) is 50.4. The maximum Gasteiger partial charge on any atom is 0.508 e. The monoisotopic (exact) mass is 434 g/mol. The number of hydrogen-bond acceptors (Lipinski definition) is 8. The summed E-state index contributed by atoms with van der Waals surface area (Å²) in [6.07, 6.45) is 1.29. The van der Waals surface area contributed by atoms with Crippen molar-refractivity contribution < 1.29 is 38.1 Å². The van der Waals surface area contributed by atoms with Gasteiger partial charge < -0.3 is 29.6 Å². The van der Waals surface area contributed by atoms with Crippen LogP contribution < -0.4 is 5.73 Å². The van der Waals surface area contributed by atoms with Crippen LogP contribution in [-0.4, -0.2) is 60.5 Å². The Labute approximate surface area is 179 Å². The molecule has 10 heteroatoms. The predicted octanol–water partition coefficient (Wildman–Crippen LogP) is 1.80. The fourth-order valence-corrected chi connectivity index (χ4v) is 4.66. The molecule has 0 bridgehead atoms. The first-order valence-corrected chi connectivity index (χ1v) is 10.1. The van der Waals surface area contributed by atoms with Crippen LogP contribution in [0.3, 0.4) is 0 Å². The Balaban J connectivity index is 1.88. The lowest BCUT2D eigenvalue weighted by Crippen LogP contribution is -2.64. The number of carbonyl (C=O) groups excluding carboxylic acids is 4. The molecule has 2 amide bonds. The zero-order chi connectivity index (χ0) is 22.7. The van der Waals surface area contributed by atoms with Crippen LogP contribution in [0, 0.1) is 11.8 Å². The maximum absolute atomic E-state index is 13.0. The van der Waals surface area contributed by atoms with Gasteiger partial charge in [-0.15, -0.1) is 0 Å². The van der Waals surface area contributed by atoms with E-state index in [0.29, 0.717) is 24.8 Å². The number of nitrogens with two attached hydrogens (primary N) is 1. The van der Waals surface area contributed by atoms with Gasteiger partial charge in [-0.2, -0.15) is 0 Å². The van der Waals surface area contributed by atoms with E-state index < -0.39 is 42.4 Å². The summed E-state index contributed by atoms with van der Waals surface area (Å²) in [6.45, 7) is 8.52. The van der Waals surface area contributed by atoms with Crippen molar-refractivity contribution in [3.63, 3.8) is 0 Å². The molecule has 0 aromatic heterocycles. The molecule has 2 N–H and O–H groups in total. The number of carbonyl (C=O) groups is 4. The molecule has 2 fully saturated rings. The molecule has 3 rings (SSSR count). The second-order valence-corrected chi connectivity index (χ2v) is 7.55. The minimum atomic E-state index is -0.962. The maximum atomic E-state index is 13.0. The molecule has 10 nitrogen and oxygen atoms in total. The van der Waals surface area contributed by atoms with Gasteiger partial charge in [0, 0.05) is 11.5 Å². The molecule has 2 aliphatic heterocycles. The van der Waals surface area contributed by atoms with Gasteiger partial charge in [0.15, 0.2) is 0 Å². The molecule has 1 aliphatic carbocycles. The van der Waals surface area contributed by atoms with Crippen molar-refractivity contribution in [3.8, 4) is 0 Å². The first kappa shape index (κ1) is 22.4. The van der Waals surface area contributed by atoms with E-state index >= 15 is 0 Å². The molecule has 3 aliphatic rings. The summed E-state index contributed by atoms with van der Waals surface area (Å²) in [5.74, 6) is -2.00. The summed E-state index contributed by atoms with van der Waals surface area (Å²) in [7, 11) is 0. The van der Waals surface area contributed by atoms with Crippen molar-refractivity contribution in [3.05, 3.63) is 36.6 Å². The fourth-order valence-electron chi connectivity index (χ4n) is 4.66. The first-order chi connectivity index (χ1) is 14.8. The van der Waals surface area contributed by atoms with Crippen LogP contribution >= 0.6 is 0 Å². The third kappa shape index (κ3) is 4.14. The lowest BCUT2D eigenvalue weighted by atomic mass is 9.71. The summed E-state index contributed by atoms with van der Waals surface area (Å²) in [5, 5.41) is 0. The standard InChI is InChI=1S/C21H26N2O8/c1-4-9-28-19(25)17-15-12(7-6-8-13(15)31-20(22)26)16-14(18(24)23(16)17)11(3)30-21(27)29-10-5-2/h4-5,11-14,16H,1-2,6-10H2,3H3,(H2,22,26)/t11-,12+,13+,14-,16-/m1/s1. The molecule has 1 saturated carbocycles. The number of nitrogens with zero attached hydrogens (tertiary/aromatic N) is 1. The Morgan fingerprint density at radius 1 is 1.19 bits per heavy atom. The Hall–Kier alpha value is -3.30. The van der Waals surface area contributed by atoms with Crippen LogP contribution in [0.5, 0.6) is 0 Å². The highest BCUT2D eigenvalue weighted by Gasteiger charge is 2.63. The largest absolute Gasteiger partial charge is 0.508 e. The second-order valence-electron chi connectivity index (χ2n) is 7.55. The molecule has 31 heavy (non-hydrogen) atoms. The Bertz CT molecular complexity index is 835. The molecular formula is C21H26N2O8. The minimum absolute atomic E-state index is 0.0144. The van der Waals surface area contributed by atoms with Crippen LogP contribution in [0.4, 0.5) is 9.59 Å². The molecule has 0 radical (unpaired) electrons. The number of hydrogen-bond donors (Lipinski definition) is 1. The quantitative estimate of drug-likeness (QED) is 0.264. The first-order valence-electron chi connectivity index (χ1n) is 10.1. The van der Waals surface area contributed by atoms with Gasteiger partial charge in [0.1, 0.15) is 31.1 Å². The van der Waals surface area contributed by atoms with Crippen LogP contribution in [-0.2, 0) is 28.5 Å². The number of rotatable bonds is 8. The van der Waals surface area contributed by atoms with Crippen LogP contribution in [0.15, 0.2) is 36.6 Å². The highest BCUT2D eigenvalue weighted by molar-refractivity contribution is 6.01. The SMILES string of the molecule is C=CCOC(=O)O[C@H](C)[C@H]1C(=O)N2C(C(=O)OCC=C)=C3[C@@H](OC(N)=O)CCC[C@@H]3[C@H]12. The van der Waals surface area contributed by atoms with Gasteiger partial charge in [-0.3, -0.25) is 4.79 Å². The topological polar surface area (TPSA) is 134 Å². The molecule has 0 unspecified atom stereocenters. The van der Waals surface area contributed by atoms with Crippen molar-refractivity contribution in [1.29, 1.82) is 0 Å². The predicted molar refractivity (Wildman–Crippen MR) is 106 cm³/mol. The van der Waals surface area contributed by atoms with Gasteiger partial charge in [-0.25, -0.2) is 14.4 Å². The van der Waals surface area contributed by atoms with E-state index in [9.17, 15) is 19.2 Å². The van der Waals surface area contributed by atoms with Gasteiger partial charge >= 0.3 is 18.2 Å². The zero-order valence-corrected chi connectivity index (χ0v) is 17.3. The summed E-state index contributed by atoms with van der Waals surface area (Å²) < 4.78 is 20.5. The van der Waals surface area contributed by atoms with Crippen molar-refractivity contribution in [2.24, 2.45) is 17.6 Å². The van der Waals surface area contributed by atoms with E-state index in [2.05, 4.69) is 13.2 Å². The number of fused-ring (bicyclic) bond motifs is 3. The molecule has 168 valence electrons. The van der Waals surface area contributed by atoms with Gasteiger partial charge in [0.25, 0.3) is 0 Å². The number of amides is 2. The lowest BCUT2D eigenvalue weighted by Gasteiger charge is -2.48. The minimum Gasteiger partial charge on any atom is -0.457 e. The smallest absolute Gasteiger partial charge is 0.457 e. The van der Waals surface area contributed by atoms with E-state index in [1.807, 2.05) is 0 Å². The van der Waals surface area contributed by atoms with E-state index in [-0.39, 0.29) is 30.7 Å². The molecule has 0 aromatic carbocycles. The second kappa shape index (κ2) is 9.23. The van der Waals surface area contributed by atoms with E-state index in [1.165, 1.54) is 17.1 Å². The van der Waals surface area contributed by atoms with Crippen molar-refractivity contribution in [2.45, 2.75) is 44.4 Å². The number of ether oxygens (including phenoxy) is 4. The Morgan fingerprint density at radius 2 is 1.87 bits per heavy atom. The Kier molecular flexibility index (Phi) is 6.67. The van der Waals surface area contributed by atoms with E-state index in [4.69, 9.17) is 24.7 Å². The molecule has 1 saturated heterocycles. The van der Waals surface area contributed by atoms with Crippen molar-refractivity contribution in [1.82, 2.24) is 4.90 Å². The van der Waals surface area contributed by atoms with Gasteiger partial charge in [0.05, 0.1) is 12.0 Å². The van der Waals surface area contributed by atoms with Gasteiger partial charge in [0.2, 0.25) is 5.91 Å². The number of esters is 1. The average Bonchev–Trinajstić information content (AvgIpc) is 3.01. The van der Waals surface area contributed by atoms with Gasteiger partial charge in [-0.05, 0) is 26.2 Å². The highest BCUT2D eigenvalue weighted by atomic mass is 16.7. The molecule has 0 aromatic rings. The van der Waals surface area contributed by atoms with Gasteiger partial charge in [-0.1, -0.05) is 25.3 Å². The summed E-state index contributed by atoms with van der Waals surface area (Å²) in [6, 6.07) is -0.421. The molecular weight excluding hydrogens is 408 g/mol. The van der Waals surface area contributed by atoms with E-state index in [1.54, 1.807) is 6.92 Å². The van der Waals surface area contributed by atoms with Crippen molar-refractivity contribution >= 4 is 24.1 Å². The normalized spacial score (nSPS) is 27.3. The lowest BCUT2D eigenvalue weighted by molar-refractivity contribution is -0.165. The third-order valence-electron chi connectivity index (χ3n) is 5.73.